The Labute approximate surface area is 105 Å². The number of hydrogen-bond acceptors (Lipinski definition) is 3. The van der Waals surface area contributed by atoms with Crippen LogP contribution in [0.4, 0.5) is 5.82 Å². The van der Waals surface area contributed by atoms with E-state index in [1.54, 1.807) is 0 Å². The van der Waals surface area contributed by atoms with Crippen molar-refractivity contribution in [3.63, 3.8) is 0 Å². The van der Waals surface area contributed by atoms with Crippen LogP contribution in [0.1, 0.15) is 18.5 Å². The molecule has 1 heterocycles. The Morgan fingerprint density at radius 3 is 2.75 bits per heavy atom. The Kier molecular flexibility index (Phi) is 3.50. The molecule has 0 saturated heterocycles. The van der Waals surface area contributed by atoms with Crippen LogP contribution < -0.4 is 10.6 Å². The Morgan fingerprint density at radius 2 is 2.25 bits per heavy atom. The summed E-state index contributed by atoms with van der Waals surface area (Å²) in [7, 11) is 2.09. The highest BCUT2D eigenvalue weighted by Crippen LogP contribution is 2.35. The average molecular weight is 284 g/mol. The molecule has 1 fully saturated rings. The van der Waals surface area contributed by atoms with Gasteiger partial charge in [-0.15, -0.1) is 0 Å². The van der Waals surface area contributed by atoms with E-state index in [1.807, 2.05) is 13.0 Å². The molecular formula is C12H18BrN3. The SMILES string of the molecule is Cc1nc(N(C)C(CN)C2CC2)ccc1Br. The van der Waals surface area contributed by atoms with Crippen LogP contribution in [0.25, 0.3) is 0 Å². The molecule has 1 aromatic rings. The van der Waals surface area contributed by atoms with Crippen molar-refractivity contribution in [1.82, 2.24) is 4.98 Å². The molecule has 1 aliphatic carbocycles. The normalized spacial score (nSPS) is 17.2. The molecular weight excluding hydrogens is 266 g/mol. The number of aromatic nitrogens is 1. The minimum absolute atomic E-state index is 0.438. The first-order chi connectivity index (χ1) is 7.63. The van der Waals surface area contributed by atoms with Crippen molar-refractivity contribution in [2.75, 3.05) is 18.5 Å². The third kappa shape index (κ3) is 2.38. The molecule has 1 aromatic heterocycles. The lowest BCUT2D eigenvalue weighted by molar-refractivity contribution is 0.566. The molecule has 0 radical (unpaired) electrons. The fraction of sp³-hybridized carbons (Fsp3) is 0.583. The number of anilines is 1. The van der Waals surface area contributed by atoms with Gasteiger partial charge in [0.15, 0.2) is 0 Å². The zero-order valence-electron chi connectivity index (χ0n) is 9.78. The lowest BCUT2D eigenvalue weighted by Crippen LogP contribution is -2.40. The third-order valence-electron chi connectivity index (χ3n) is 3.27. The number of halogens is 1. The molecule has 16 heavy (non-hydrogen) atoms. The van der Waals surface area contributed by atoms with Crippen molar-refractivity contribution in [2.24, 2.45) is 11.7 Å². The number of likely N-dealkylation sites (N-methyl/N-ethyl adjacent to an activating group) is 1. The van der Waals surface area contributed by atoms with Gasteiger partial charge in [-0.2, -0.15) is 0 Å². The van der Waals surface area contributed by atoms with E-state index in [2.05, 4.69) is 38.9 Å². The van der Waals surface area contributed by atoms with Gasteiger partial charge in [0.05, 0.1) is 5.69 Å². The van der Waals surface area contributed by atoms with Gasteiger partial charge in [-0.3, -0.25) is 0 Å². The summed E-state index contributed by atoms with van der Waals surface area (Å²) in [5.74, 6) is 1.78. The van der Waals surface area contributed by atoms with E-state index in [0.717, 1.165) is 21.9 Å². The zero-order valence-corrected chi connectivity index (χ0v) is 11.4. The van der Waals surface area contributed by atoms with Gasteiger partial charge < -0.3 is 10.6 Å². The topological polar surface area (TPSA) is 42.2 Å². The predicted octanol–water partition coefficient (Wildman–Crippen LogP) is 2.33. The van der Waals surface area contributed by atoms with Crippen molar-refractivity contribution in [3.8, 4) is 0 Å². The standard InChI is InChI=1S/C12H18BrN3/c1-8-10(13)5-6-12(15-8)16(2)11(7-14)9-3-4-9/h5-6,9,11H,3-4,7,14H2,1-2H3. The molecule has 0 amide bonds. The maximum absolute atomic E-state index is 5.84. The second kappa shape index (κ2) is 4.72. The molecule has 0 aliphatic heterocycles. The molecule has 1 unspecified atom stereocenters. The Morgan fingerprint density at radius 1 is 1.56 bits per heavy atom. The minimum Gasteiger partial charge on any atom is -0.355 e. The number of rotatable bonds is 4. The summed E-state index contributed by atoms with van der Waals surface area (Å²) in [6.45, 7) is 2.72. The monoisotopic (exact) mass is 283 g/mol. The Hall–Kier alpha value is -0.610. The highest BCUT2D eigenvalue weighted by atomic mass is 79.9. The average Bonchev–Trinajstić information content (AvgIpc) is 3.07. The molecule has 0 bridgehead atoms. The van der Waals surface area contributed by atoms with E-state index in [4.69, 9.17) is 5.73 Å². The Balaban J connectivity index is 2.18. The Bertz CT molecular complexity index is 377. The number of pyridine rings is 1. The number of nitrogens with zero attached hydrogens (tertiary/aromatic N) is 2. The van der Waals surface area contributed by atoms with Crippen LogP contribution in [0.3, 0.4) is 0 Å². The minimum atomic E-state index is 0.438. The lowest BCUT2D eigenvalue weighted by Gasteiger charge is -2.28. The van der Waals surface area contributed by atoms with Crippen LogP contribution >= 0.6 is 15.9 Å². The number of hydrogen-bond donors (Lipinski definition) is 1. The summed E-state index contributed by atoms with van der Waals surface area (Å²) < 4.78 is 1.06. The van der Waals surface area contributed by atoms with E-state index in [0.29, 0.717) is 12.6 Å². The molecule has 1 aliphatic rings. The molecule has 1 atom stereocenters. The van der Waals surface area contributed by atoms with Gasteiger partial charge in [0.1, 0.15) is 5.82 Å². The molecule has 4 heteroatoms. The third-order valence-corrected chi connectivity index (χ3v) is 4.11. The van der Waals surface area contributed by atoms with Crippen molar-refractivity contribution in [1.29, 1.82) is 0 Å². The molecule has 0 spiro atoms. The molecule has 88 valence electrons. The second-order valence-electron chi connectivity index (χ2n) is 4.49. The maximum Gasteiger partial charge on any atom is 0.128 e. The smallest absolute Gasteiger partial charge is 0.128 e. The van der Waals surface area contributed by atoms with E-state index in [9.17, 15) is 0 Å². The fourth-order valence-electron chi connectivity index (χ4n) is 2.04. The van der Waals surface area contributed by atoms with Gasteiger partial charge in [-0.25, -0.2) is 4.98 Å². The predicted molar refractivity (Wildman–Crippen MR) is 70.6 cm³/mol. The number of aryl methyl sites for hydroxylation is 1. The first-order valence-electron chi connectivity index (χ1n) is 5.69. The molecule has 3 nitrogen and oxygen atoms in total. The zero-order chi connectivity index (χ0) is 11.7. The van der Waals surface area contributed by atoms with E-state index < -0.39 is 0 Å². The largest absolute Gasteiger partial charge is 0.355 e. The van der Waals surface area contributed by atoms with Gasteiger partial charge in [0.25, 0.3) is 0 Å². The molecule has 2 rings (SSSR count). The summed E-state index contributed by atoms with van der Waals surface area (Å²) in [5, 5.41) is 0. The van der Waals surface area contributed by atoms with E-state index in [-0.39, 0.29) is 0 Å². The summed E-state index contributed by atoms with van der Waals surface area (Å²) in [6.07, 6.45) is 2.61. The highest BCUT2D eigenvalue weighted by Gasteiger charge is 2.33. The molecule has 2 N–H and O–H groups in total. The van der Waals surface area contributed by atoms with Crippen LogP contribution in [-0.4, -0.2) is 24.6 Å². The van der Waals surface area contributed by atoms with Crippen LogP contribution in [0.5, 0.6) is 0 Å². The maximum atomic E-state index is 5.84. The second-order valence-corrected chi connectivity index (χ2v) is 5.34. The quantitative estimate of drug-likeness (QED) is 0.922. The van der Waals surface area contributed by atoms with Crippen LogP contribution in [0.2, 0.25) is 0 Å². The number of nitrogens with two attached hydrogens (primary N) is 1. The summed E-state index contributed by atoms with van der Waals surface area (Å²) in [6, 6.07) is 4.53. The van der Waals surface area contributed by atoms with Crippen molar-refractivity contribution >= 4 is 21.7 Å². The van der Waals surface area contributed by atoms with Crippen molar-refractivity contribution in [3.05, 3.63) is 22.3 Å². The highest BCUT2D eigenvalue weighted by molar-refractivity contribution is 9.10. The van der Waals surface area contributed by atoms with Gasteiger partial charge in [0.2, 0.25) is 0 Å². The van der Waals surface area contributed by atoms with E-state index >= 15 is 0 Å². The van der Waals surface area contributed by atoms with Gasteiger partial charge in [-0.05, 0) is 53.7 Å². The lowest BCUT2D eigenvalue weighted by atomic mass is 10.1. The van der Waals surface area contributed by atoms with Crippen LogP contribution in [0, 0.1) is 12.8 Å². The molecule has 1 saturated carbocycles. The summed E-state index contributed by atoms with van der Waals surface area (Å²) >= 11 is 3.47. The fourth-order valence-corrected chi connectivity index (χ4v) is 2.27. The van der Waals surface area contributed by atoms with Crippen LogP contribution in [-0.2, 0) is 0 Å². The summed E-state index contributed by atoms with van der Waals surface area (Å²) in [5.41, 5.74) is 6.87. The van der Waals surface area contributed by atoms with E-state index in [1.165, 1.54) is 12.8 Å². The van der Waals surface area contributed by atoms with Gasteiger partial charge >= 0.3 is 0 Å². The summed E-state index contributed by atoms with van der Waals surface area (Å²) in [4.78, 5) is 6.79. The van der Waals surface area contributed by atoms with Crippen molar-refractivity contribution < 1.29 is 0 Å². The molecule has 0 aromatic carbocycles. The van der Waals surface area contributed by atoms with Gasteiger partial charge in [0, 0.05) is 24.1 Å². The first-order valence-corrected chi connectivity index (χ1v) is 6.49. The first kappa shape index (κ1) is 11.9. The van der Waals surface area contributed by atoms with Crippen molar-refractivity contribution in [2.45, 2.75) is 25.8 Å². The van der Waals surface area contributed by atoms with Gasteiger partial charge in [-0.1, -0.05) is 0 Å². The van der Waals surface area contributed by atoms with Crippen LogP contribution in [0.15, 0.2) is 16.6 Å².